The third-order valence-electron chi connectivity index (χ3n) is 4.60. The van der Waals surface area contributed by atoms with Gasteiger partial charge in [-0.2, -0.15) is 4.31 Å². The van der Waals surface area contributed by atoms with Crippen LogP contribution < -0.4 is 5.32 Å². The fraction of sp³-hybridized carbons (Fsp3) is 0.294. The molecule has 11 nitrogen and oxygen atoms in total. The number of hydrogen-bond acceptors (Lipinski definition) is 8. The normalized spacial score (nSPS) is 15.4. The van der Waals surface area contributed by atoms with Crippen LogP contribution in [0, 0.1) is 10.1 Å². The monoisotopic (exact) mass is 418 g/mol. The number of nitro benzene ring substituents is 1. The van der Waals surface area contributed by atoms with E-state index >= 15 is 0 Å². The van der Waals surface area contributed by atoms with Gasteiger partial charge in [0.25, 0.3) is 5.69 Å². The molecule has 12 heteroatoms. The zero-order valence-corrected chi connectivity index (χ0v) is 16.1. The number of rotatable bonds is 6. The molecule has 152 valence electrons. The van der Waals surface area contributed by atoms with Gasteiger partial charge in [-0.05, 0) is 24.3 Å². The molecule has 0 radical (unpaired) electrons. The van der Waals surface area contributed by atoms with Crippen LogP contribution in [0.1, 0.15) is 5.82 Å². The van der Waals surface area contributed by atoms with E-state index < -0.39 is 14.9 Å². The summed E-state index contributed by atoms with van der Waals surface area (Å²) in [5, 5.41) is 22.6. The van der Waals surface area contributed by atoms with Crippen LogP contribution in [-0.4, -0.2) is 58.5 Å². The number of aromatic nitrogens is 3. The standard InChI is InChI=1S/C17H18N6O5S/c24-23(25)15-11-13(29(26,27)21-7-9-28-10-8-21)4-5-14(15)18-12-17-20-19-16-3-1-2-6-22(16)17/h1-6,11,18H,7-10,12H2. The summed E-state index contributed by atoms with van der Waals surface area (Å²) < 4.78 is 33.7. The van der Waals surface area contributed by atoms with Crippen LogP contribution in [-0.2, 0) is 21.3 Å². The molecule has 1 fully saturated rings. The second kappa shape index (κ2) is 7.73. The SMILES string of the molecule is O=[N+]([O-])c1cc(S(=O)(=O)N2CCOCC2)ccc1NCc1nnc2ccccn12. The smallest absolute Gasteiger partial charge is 0.293 e. The maximum atomic E-state index is 12.8. The van der Waals surface area contributed by atoms with Gasteiger partial charge in [0.1, 0.15) is 5.69 Å². The number of anilines is 1. The quantitative estimate of drug-likeness (QED) is 0.468. The molecule has 0 spiro atoms. The lowest BCUT2D eigenvalue weighted by Crippen LogP contribution is -2.40. The minimum absolute atomic E-state index is 0.121. The molecule has 3 heterocycles. The second-order valence-corrected chi connectivity index (χ2v) is 8.29. The first-order chi connectivity index (χ1) is 14.0. The van der Waals surface area contributed by atoms with Crippen LogP contribution in [0.2, 0.25) is 0 Å². The number of benzene rings is 1. The Morgan fingerprint density at radius 1 is 1.17 bits per heavy atom. The summed E-state index contributed by atoms with van der Waals surface area (Å²) in [6.45, 7) is 1.22. The van der Waals surface area contributed by atoms with E-state index in [1.54, 1.807) is 16.7 Å². The van der Waals surface area contributed by atoms with E-state index in [0.29, 0.717) is 24.7 Å². The fourth-order valence-electron chi connectivity index (χ4n) is 3.09. The number of sulfonamides is 1. The Morgan fingerprint density at radius 2 is 1.97 bits per heavy atom. The highest BCUT2D eigenvalue weighted by Crippen LogP contribution is 2.29. The van der Waals surface area contributed by atoms with Crippen LogP contribution in [0.4, 0.5) is 11.4 Å². The van der Waals surface area contributed by atoms with Crippen molar-refractivity contribution in [2.75, 3.05) is 31.6 Å². The molecule has 1 aliphatic heterocycles. The summed E-state index contributed by atoms with van der Waals surface area (Å²) >= 11 is 0. The molecular weight excluding hydrogens is 400 g/mol. The third-order valence-corrected chi connectivity index (χ3v) is 6.49. The minimum Gasteiger partial charge on any atom is -0.379 e. The van der Waals surface area contributed by atoms with Gasteiger partial charge in [0.2, 0.25) is 10.0 Å². The van der Waals surface area contributed by atoms with Gasteiger partial charge in [0.05, 0.1) is 29.6 Å². The molecule has 4 rings (SSSR count). The Hall–Kier alpha value is -3.09. The van der Waals surface area contributed by atoms with Crippen molar-refractivity contribution >= 4 is 27.0 Å². The molecule has 0 amide bonds. The summed E-state index contributed by atoms with van der Waals surface area (Å²) in [4.78, 5) is 10.8. The largest absolute Gasteiger partial charge is 0.379 e. The van der Waals surface area contributed by atoms with Crippen LogP contribution in [0.25, 0.3) is 5.65 Å². The Morgan fingerprint density at radius 3 is 2.72 bits per heavy atom. The first kappa shape index (κ1) is 19.2. The molecule has 0 aliphatic carbocycles. The molecule has 0 unspecified atom stereocenters. The first-order valence-electron chi connectivity index (χ1n) is 8.86. The lowest BCUT2D eigenvalue weighted by Gasteiger charge is -2.26. The van der Waals surface area contributed by atoms with Gasteiger partial charge in [-0.15, -0.1) is 10.2 Å². The van der Waals surface area contributed by atoms with Crippen molar-refractivity contribution in [1.29, 1.82) is 0 Å². The lowest BCUT2D eigenvalue weighted by atomic mass is 10.2. The maximum absolute atomic E-state index is 12.8. The van der Waals surface area contributed by atoms with E-state index in [9.17, 15) is 18.5 Å². The van der Waals surface area contributed by atoms with Crippen molar-refractivity contribution in [1.82, 2.24) is 18.9 Å². The molecular formula is C17H18N6O5S. The summed E-state index contributed by atoms with van der Waals surface area (Å²) in [6.07, 6.45) is 1.79. The van der Waals surface area contributed by atoms with Gasteiger partial charge >= 0.3 is 0 Å². The van der Waals surface area contributed by atoms with E-state index in [-0.39, 0.29) is 35.9 Å². The Bertz CT molecular complexity index is 1160. The summed E-state index contributed by atoms with van der Waals surface area (Å²) in [7, 11) is -3.83. The molecule has 1 aliphatic rings. The average Bonchev–Trinajstić information content (AvgIpc) is 3.16. The van der Waals surface area contributed by atoms with E-state index in [1.807, 2.05) is 12.1 Å². The number of nitrogens with zero attached hydrogens (tertiary/aromatic N) is 5. The minimum atomic E-state index is -3.83. The average molecular weight is 418 g/mol. The van der Waals surface area contributed by atoms with Crippen molar-refractivity contribution in [3.8, 4) is 0 Å². The topological polar surface area (TPSA) is 132 Å². The fourth-order valence-corrected chi connectivity index (χ4v) is 4.52. The highest BCUT2D eigenvalue weighted by Gasteiger charge is 2.28. The summed E-state index contributed by atoms with van der Waals surface area (Å²) in [6, 6.07) is 9.29. The Labute approximate surface area is 166 Å². The van der Waals surface area contributed by atoms with Crippen LogP contribution >= 0.6 is 0 Å². The predicted octanol–water partition coefficient (Wildman–Crippen LogP) is 1.27. The van der Waals surface area contributed by atoms with Crippen molar-refractivity contribution in [3.63, 3.8) is 0 Å². The molecule has 1 aromatic carbocycles. The third kappa shape index (κ3) is 3.77. The summed E-state index contributed by atoms with van der Waals surface area (Å²) in [5.41, 5.74) is 0.530. The number of ether oxygens (including phenoxy) is 1. The van der Waals surface area contributed by atoms with E-state index in [2.05, 4.69) is 15.5 Å². The number of pyridine rings is 1. The van der Waals surface area contributed by atoms with Gasteiger partial charge in [-0.1, -0.05) is 6.07 Å². The van der Waals surface area contributed by atoms with Gasteiger partial charge in [0, 0.05) is 25.4 Å². The molecule has 3 aromatic rings. The number of nitrogens with one attached hydrogen (secondary N) is 1. The highest BCUT2D eigenvalue weighted by molar-refractivity contribution is 7.89. The second-order valence-electron chi connectivity index (χ2n) is 6.35. The molecule has 0 bridgehead atoms. The van der Waals surface area contributed by atoms with Crippen LogP contribution in [0.5, 0.6) is 0 Å². The predicted molar refractivity (Wildman–Crippen MR) is 103 cm³/mol. The van der Waals surface area contributed by atoms with Crippen molar-refractivity contribution < 1.29 is 18.1 Å². The number of fused-ring (bicyclic) bond motifs is 1. The molecule has 29 heavy (non-hydrogen) atoms. The van der Waals surface area contributed by atoms with Gasteiger partial charge in [-0.25, -0.2) is 8.42 Å². The van der Waals surface area contributed by atoms with E-state index in [0.717, 1.165) is 6.07 Å². The lowest BCUT2D eigenvalue weighted by molar-refractivity contribution is -0.384. The molecule has 1 saturated heterocycles. The zero-order valence-electron chi connectivity index (χ0n) is 15.3. The molecule has 0 saturated carbocycles. The highest BCUT2D eigenvalue weighted by atomic mass is 32.2. The van der Waals surface area contributed by atoms with Crippen molar-refractivity contribution in [2.45, 2.75) is 11.4 Å². The Balaban J connectivity index is 1.60. The van der Waals surface area contributed by atoms with Gasteiger partial charge < -0.3 is 10.1 Å². The molecule has 2 aromatic heterocycles. The van der Waals surface area contributed by atoms with Crippen molar-refractivity contribution in [3.05, 3.63) is 58.5 Å². The van der Waals surface area contributed by atoms with Crippen molar-refractivity contribution in [2.24, 2.45) is 0 Å². The van der Waals surface area contributed by atoms with E-state index in [1.165, 1.54) is 16.4 Å². The van der Waals surface area contributed by atoms with Gasteiger partial charge in [0.15, 0.2) is 11.5 Å². The molecule has 0 atom stereocenters. The zero-order chi connectivity index (χ0) is 20.4. The van der Waals surface area contributed by atoms with Crippen LogP contribution in [0.15, 0.2) is 47.5 Å². The first-order valence-corrected chi connectivity index (χ1v) is 10.3. The maximum Gasteiger partial charge on any atom is 0.293 e. The number of nitro groups is 1. The van der Waals surface area contributed by atoms with Gasteiger partial charge in [-0.3, -0.25) is 14.5 Å². The van der Waals surface area contributed by atoms with Crippen LogP contribution in [0.3, 0.4) is 0 Å². The van der Waals surface area contributed by atoms with E-state index in [4.69, 9.17) is 4.74 Å². The number of hydrogen-bond donors (Lipinski definition) is 1. The number of morpholine rings is 1. The summed E-state index contributed by atoms with van der Waals surface area (Å²) in [5.74, 6) is 0.569. The molecule has 1 N–H and O–H groups in total. The Kier molecular flexibility index (Phi) is 5.13.